The molecule has 0 aliphatic rings. The number of ether oxygens (including phenoxy) is 1. The van der Waals surface area contributed by atoms with Gasteiger partial charge < -0.3 is 14.5 Å². The first kappa shape index (κ1) is 18.5. The maximum absolute atomic E-state index is 13.2. The van der Waals surface area contributed by atoms with E-state index in [0.717, 1.165) is 12.8 Å². The number of nitrogens with one attached hydrogen (secondary N) is 2. The summed E-state index contributed by atoms with van der Waals surface area (Å²) >= 11 is 0. The molecule has 0 fully saturated rings. The lowest BCUT2D eigenvalue weighted by Gasteiger charge is -2.10. The Kier molecular flexibility index (Phi) is 5.48. The quantitative estimate of drug-likeness (QED) is 0.292. The molecular weight excluding hydrogens is 458 g/mol. The van der Waals surface area contributed by atoms with Crippen LogP contribution in [-0.2, 0) is 6.42 Å². The number of H-pyrrole nitrogens is 1. The molecule has 9 heteroatoms. The summed E-state index contributed by atoms with van der Waals surface area (Å²) in [5.74, 6) is -1.07. The van der Waals surface area contributed by atoms with Crippen molar-refractivity contribution in [1.29, 1.82) is 0 Å². The summed E-state index contributed by atoms with van der Waals surface area (Å²) in [4.78, 5) is 25.9. The molecule has 2 N–H and O–H groups in total. The van der Waals surface area contributed by atoms with Gasteiger partial charge in [0.2, 0.25) is 5.82 Å². The molecule has 0 spiro atoms. The Morgan fingerprint density at radius 2 is 1.89 bits per heavy atom. The van der Waals surface area contributed by atoms with Gasteiger partial charge in [-0.05, 0) is 66.3 Å². The van der Waals surface area contributed by atoms with Gasteiger partial charge in [0.25, 0.3) is 5.91 Å². The third-order valence-electron chi connectivity index (χ3n) is 5.35. The van der Waals surface area contributed by atoms with Crippen molar-refractivity contribution in [1.82, 2.24) is 20.6 Å². The van der Waals surface area contributed by atoms with Gasteiger partial charge in [-0.3, -0.25) is 9.59 Å². The Morgan fingerprint density at radius 3 is 2.67 bits per heavy atom. The number of aromatic nitrogens is 4. The predicted molar refractivity (Wildman–Crippen MR) is 135 cm³/mol. The number of aryl methyl sites for hydroxylation is 1. The summed E-state index contributed by atoms with van der Waals surface area (Å²) in [6.45, 7) is 0.201. The van der Waals surface area contributed by atoms with E-state index in [4.69, 9.17) is 14.6 Å². The lowest BCUT2D eigenvalue weighted by atomic mass is 10.1. The molecule has 0 bridgehead atoms. The highest BCUT2D eigenvalue weighted by Crippen LogP contribution is 2.26. The maximum atomic E-state index is 13.2. The molecule has 0 saturated heterocycles. The lowest BCUT2D eigenvalue weighted by molar-refractivity contribution is 0.102. The van der Waals surface area contributed by atoms with Gasteiger partial charge in [-0.2, -0.15) is 5.21 Å². The number of anilines is 1. The van der Waals surface area contributed by atoms with Crippen molar-refractivity contribution in [3.8, 4) is 17.3 Å². The van der Waals surface area contributed by atoms with E-state index in [2.05, 4.69) is 25.9 Å². The number of carbonyl (C=O) groups is 1. The molecule has 36 heavy (non-hydrogen) atoms. The van der Waals surface area contributed by atoms with Crippen LogP contribution in [0.15, 0.2) is 88.0 Å². The summed E-state index contributed by atoms with van der Waals surface area (Å²) in [5.41, 5.74) is 0.416. The van der Waals surface area contributed by atoms with Crippen molar-refractivity contribution in [2.75, 3.05) is 11.9 Å². The van der Waals surface area contributed by atoms with Crippen molar-refractivity contribution < 1.29 is 19.4 Å². The van der Waals surface area contributed by atoms with Gasteiger partial charge in [0.15, 0.2) is 16.8 Å². The topological polar surface area (TPSA) is 123 Å². The number of aromatic amines is 1. The van der Waals surface area contributed by atoms with Crippen LogP contribution in [0.4, 0.5) is 5.69 Å². The fourth-order valence-electron chi connectivity index (χ4n) is 3.57. The van der Waals surface area contributed by atoms with Crippen LogP contribution in [-0.4, -0.2) is 33.1 Å². The molecule has 0 atom stereocenters. The molecule has 9 nitrogen and oxygen atoms in total. The number of hydrogen-bond donors (Lipinski definition) is 2. The average Bonchev–Trinajstić information content (AvgIpc) is 3.50. The van der Waals surface area contributed by atoms with E-state index >= 15 is 0 Å². The van der Waals surface area contributed by atoms with Gasteiger partial charge >= 0.3 is 0 Å². The van der Waals surface area contributed by atoms with E-state index in [9.17, 15) is 9.59 Å². The molecule has 3 aromatic carbocycles. The summed E-state index contributed by atoms with van der Waals surface area (Å²) in [6.07, 6.45) is 2.32. The molecule has 2 heterocycles. The highest BCUT2D eigenvalue weighted by Gasteiger charge is 2.15. The SMILES string of the molecule is [2H]c1c([2H])c(C(=O)Nc2cccc3c(=O)cc(-c4nn[nH]n4)oc23)c([2H])c([2H])c1OCCCCc1ccccc1. The molecule has 5 rings (SSSR count). The molecule has 0 aliphatic carbocycles. The fraction of sp³-hybridized carbons (Fsp3) is 0.148. The first-order valence-electron chi connectivity index (χ1n) is 13.2. The number of para-hydroxylation sites is 1. The maximum Gasteiger partial charge on any atom is 0.255 e. The Labute approximate surface area is 211 Å². The number of amides is 1. The van der Waals surface area contributed by atoms with E-state index in [1.165, 1.54) is 29.8 Å². The minimum atomic E-state index is -0.911. The van der Waals surface area contributed by atoms with Gasteiger partial charge in [0.05, 0.1) is 23.2 Å². The Hall–Kier alpha value is -4.79. The van der Waals surface area contributed by atoms with Gasteiger partial charge in [0, 0.05) is 11.6 Å². The molecule has 0 aliphatic heterocycles. The predicted octanol–water partition coefficient (Wildman–Crippen LogP) is 4.63. The zero-order valence-corrected chi connectivity index (χ0v) is 19.0. The van der Waals surface area contributed by atoms with Crippen molar-refractivity contribution in [3.05, 3.63) is 100 Å². The third kappa shape index (κ3) is 5.30. The Morgan fingerprint density at radius 1 is 1.06 bits per heavy atom. The molecule has 0 saturated carbocycles. The average molecular weight is 486 g/mol. The number of hydrogen-bond acceptors (Lipinski definition) is 7. The second-order valence-corrected chi connectivity index (χ2v) is 7.84. The zero-order valence-electron chi connectivity index (χ0n) is 23.0. The van der Waals surface area contributed by atoms with Gasteiger partial charge in [-0.1, -0.05) is 36.4 Å². The van der Waals surface area contributed by atoms with E-state index in [-0.39, 0.29) is 40.6 Å². The zero-order chi connectivity index (χ0) is 28.2. The number of fused-ring (bicyclic) bond motifs is 1. The van der Waals surface area contributed by atoms with Crippen molar-refractivity contribution in [2.24, 2.45) is 0 Å². The Bertz CT molecular complexity index is 1720. The molecule has 5 aromatic rings. The van der Waals surface area contributed by atoms with Crippen molar-refractivity contribution >= 4 is 22.6 Å². The largest absolute Gasteiger partial charge is 0.494 e. The monoisotopic (exact) mass is 485 g/mol. The van der Waals surface area contributed by atoms with Crippen LogP contribution in [0.3, 0.4) is 0 Å². The van der Waals surface area contributed by atoms with Gasteiger partial charge in [-0.15, -0.1) is 10.2 Å². The number of benzene rings is 3. The van der Waals surface area contributed by atoms with Crippen LogP contribution >= 0.6 is 0 Å². The van der Waals surface area contributed by atoms with Crippen molar-refractivity contribution in [3.63, 3.8) is 0 Å². The number of nitrogens with zero attached hydrogens (tertiary/aromatic N) is 3. The molecule has 0 radical (unpaired) electrons. The van der Waals surface area contributed by atoms with E-state index in [0.29, 0.717) is 6.42 Å². The smallest absolute Gasteiger partial charge is 0.255 e. The number of carbonyl (C=O) groups excluding carboxylic acids is 1. The standard InChI is InChI=1S/C27H23N5O4/c33-23-17-24(26-29-31-32-30-26)36-25-21(23)10-6-11-22(25)28-27(34)19-12-14-20(15-13-19)35-16-5-4-9-18-7-2-1-3-8-18/h1-3,6-8,10-15,17H,4-5,9,16H2,(H,28,34)(H,29,30,31,32)/i12D,13D,14D,15D. The number of rotatable bonds is 9. The third-order valence-corrected chi connectivity index (χ3v) is 5.35. The van der Waals surface area contributed by atoms with Crippen LogP contribution in [0.5, 0.6) is 5.75 Å². The van der Waals surface area contributed by atoms with Crippen LogP contribution in [0.1, 0.15) is 34.2 Å². The molecule has 0 unspecified atom stereocenters. The molecule has 180 valence electrons. The molecule has 1 amide bonds. The Balaban J connectivity index is 1.36. The van der Waals surface area contributed by atoms with Crippen LogP contribution in [0.25, 0.3) is 22.6 Å². The summed E-state index contributed by atoms with van der Waals surface area (Å²) in [5, 5.41) is 16.0. The van der Waals surface area contributed by atoms with E-state index in [1.54, 1.807) is 0 Å². The van der Waals surface area contributed by atoms with E-state index in [1.807, 2.05) is 30.3 Å². The van der Waals surface area contributed by atoms with Crippen LogP contribution < -0.4 is 15.5 Å². The lowest BCUT2D eigenvalue weighted by Crippen LogP contribution is -2.13. The minimum Gasteiger partial charge on any atom is -0.494 e. The van der Waals surface area contributed by atoms with Crippen LogP contribution in [0.2, 0.25) is 0 Å². The highest BCUT2D eigenvalue weighted by molar-refractivity contribution is 6.08. The van der Waals surface area contributed by atoms with E-state index < -0.39 is 41.1 Å². The fourth-order valence-corrected chi connectivity index (χ4v) is 3.57. The molecular formula is C27H23N5O4. The van der Waals surface area contributed by atoms with Crippen molar-refractivity contribution in [2.45, 2.75) is 19.3 Å². The summed E-state index contributed by atoms with van der Waals surface area (Å²) in [6, 6.07) is 13.7. The van der Waals surface area contributed by atoms with Crippen LogP contribution in [0, 0.1) is 0 Å². The normalized spacial score (nSPS) is 12.4. The number of unbranched alkanes of at least 4 members (excludes halogenated alkanes) is 1. The highest BCUT2D eigenvalue weighted by atomic mass is 16.5. The summed E-state index contributed by atoms with van der Waals surface area (Å²) in [7, 11) is 0. The molecule has 2 aromatic heterocycles. The van der Waals surface area contributed by atoms with Gasteiger partial charge in [-0.25, -0.2) is 0 Å². The minimum absolute atomic E-state index is 0.0162. The first-order chi connectivity index (χ1) is 19.3. The second kappa shape index (κ2) is 10.6. The number of tetrazole rings is 1. The first-order valence-corrected chi connectivity index (χ1v) is 11.2. The summed E-state index contributed by atoms with van der Waals surface area (Å²) < 4.78 is 44.9. The second-order valence-electron chi connectivity index (χ2n) is 7.84. The van der Waals surface area contributed by atoms with Gasteiger partial charge in [0.1, 0.15) is 5.75 Å².